The van der Waals surface area contributed by atoms with Crippen LogP contribution in [0.1, 0.15) is 0 Å². The average Bonchev–Trinajstić information content (AvgIpc) is 3.76. The quantitative estimate of drug-likeness (QED) is 0.208. The Kier molecular flexibility index (Phi) is 4.87. The van der Waals surface area contributed by atoms with Gasteiger partial charge in [0.05, 0.1) is 0 Å². The monoisotopic (exact) mass is 581 g/mol. The summed E-state index contributed by atoms with van der Waals surface area (Å²) in [6, 6.07) is 49.4. The number of hydrogen-bond donors (Lipinski definition) is 0. The second kappa shape index (κ2) is 8.96. The lowest BCUT2D eigenvalue weighted by Gasteiger charge is -2.25. The summed E-state index contributed by atoms with van der Waals surface area (Å²) in [6.45, 7) is 0. The van der Waals surface area contributed by atoms with Crippen LogP contribution in [0.5, 0.6) is 0 Å². The topological polar surface area (TPSA) is 29.5 Å². The zero-order valence-corrected chi connectivity index (χ0v) is 24.3. The van der Waals surface area contributed by atoms with Gasteiger partial charge in [-0.2, -0.15) is 0 Å². The molecule has 0 bridgehead atoms. The van der Waals surface area contributed by atoms with Gasteiger partial charge in [0, 0.05) is 58.8 Å². The van der Waals surface area contributed by atoms with Crippen molar-refractivity contribution in [2.24, 2.45) is 0 Å². The lowest BCUT2D eigenvalue weighted by Crippen LogP contribution is -2.09. The third kappa shape index (κ3) is 3.37. The molecule has 44 heavy (non-hydrogen) atoms. The van der Waals surface area contributed by atoms with Gasteiger partial charge < -0.3 is 13.7 Å². The van der Waals surface area contributed by atoms with Crippen LogP contribution in [0.25, 0.3) is 74.8 Å². The van der Waals surface area contributed by atoms with Crippen LogP contribution in [-0.4, -0.2) is 0 Å². The summed E-state index contributed by atoms with van der Waals surface area (Å²) < 4.78 is 15.2. The molecule has 0 amide bonds. The molecule has 3 heterocycles. The van der Waals surface area contributed by atoms with Gasteiger partial charge >= 0.3 is 0 Å². The number of fused-ring (bicyclic) bond motifs is 12. The Labute approximate surface area is 255 Å². The predicted octanol–water partition coefficient (Wildman–Crippen LogP) is 12.5. The second-order valence-electron chi connectivity index (χ2n) is 11.3. The second-order valence-corrected chi connectivity index (χ2v) is 12.4. The number of thiophene rings is 1. The van der Waals surface area contributed by atoms with E-state index in [1.807, 2.05) is 23.5 Å². The Morgan fingerprint density at radius 1 is 0.364 bits per heavy atom. The lowest BCUT2D eigenvalue weighted by atomic mass is 9.99. The molecule has 4 heteroatoms. The van der Waals surface area contributed by atoms with Gasteiger partial charge in [-0.15, -0.1) is 11.3 Å². The molecule has 0 N–H and O–H groups in total. The van der Waals surface area contributed by atoms with Gasteiger partial charge in [0.2, 0.25) is 0 Å². The zero-order valence-electron chi connectivity index (χ0n) is 23.5. The van der Waals surface area contributed by atoms with E-state index in [0.717, 1.165) is 66.3 Å². The maximum absolute atomic E-state index is 6.44. The molecule has 7 aromatic carbocycles. The van der Waals surface area contributed by atoms with Crippen LogP contribution in [0.3, 0.4) is 0 Å². The van der Waals surface area contributed by atoms with Crippen LogP contribution in [0.2, 0.25) is 0 Å². The molecule has 206 valence electrons. The highest BCUT2D eigenvalue weighted by atomic mass is 32.1. The molecule has 0 fully saturated rings. The van der Waals surface area contributed by atoms with Gasteiger partial charge in [-0.3, -0.25) is 0 Å². The minimum atomic E-state index is 0.876. The molecular weight excluding hydrogens is 559 g/mol. The van der Waals surface area contributed by atoms with E-state index in [0.29, 0.717) is 0 Å². The summed E-state index contributed by atoms with van der Waals surface area (Å²) in [4.78, 5) is 2.34. The van der Waals surface area contributed by atoms with Gasteiger partial charge in [-0.05, 0) is 89.6 Å². The smallest absolute Gasteiger partial charge is 0.136 e. The number of para-hydroxylation sites is 2. The van der Waals surface area contributed by atoms with E-state index in [1.54, 1.807) is 0 Å². The molecule has 0 saturated carbocycles. The van der Waals surface area contributed by atoms with E-state index in [9.17, 15) is 0 Å². The van der Waals surface area contributed by atoms with E-state index < -0.39 is 0 Å². The Morgan fingerprint density at radius 3 is 1.75 bits per heavy atom. The van der Waals surface area contributed by atoms with Crippen LogP contribution < -0.4 is 4.90 Å². The van der Waals surface area contributed by atoms with Crippen molar-refractivity contribution in [3.63, 3.8) is 0 Å². The van der Waals surface area contributed by atoms with Crippen molar-refractivity contribution in [2.45, 2.75) is 0 Å². The van der Waals surface area contributed by atoms with Crippen molar-refractivity contribution >= 4 is 103 Å². The number of furan rings is 2. The van der Waals surface area contributed by atoms with Gasteiger partial charge in [-0.1, -0.05) is 60.7 Å². The number of hydrogen-bond acceptors (Lipinski definition) is 4. The highest BCUT2D eigenvalue weighted by molar-refractivity contribution is 7.25. The first-order valence-corrected chi connectivity index (χ1v) is 15.6. The Balaban J connectivity index is 1.23. The first-order chi connectivity index (χ1) is 21.8. The molecule has 10 aromatic rings. The first-order valence-electron chi connectivity index (χ1n) is 14.8. The molecule has 0 unspecified atom stereocenters. The zero-order chi connectivity index (χ0) is 28.8. The molecule has 0 atom stereocenters. The molecule has 0 spiro atoms. The summed E-state index contributed by atoms with van der Waals surface area (Å²) in [5, 5.41) is 9.43. The predicted molar refractivity (Wildman–Crippen MR) is 186 cm³/mol. The van der Waals surface area contributed by atoms with Crippen molar-refractivity contribution < 1.29 is 8.83 Å². The molecule has 3 aromatic heterocycles. The summed E-state index contributed by atoms with van der Waals surface area (Å²) in [5.74, 6) is 0. The summed E-state index contributed by atoms with van der Waals surface area (Å²) >= 11 is 1.84. The minimum Gasteiger partial charge on any atom is -0.456 e. The van der Waals surface area contributed by atoms with Crippen molar-refractivity contribution in [3.05, 3.63) is 140 Å². The van der Waals surface area contributed by atoms with E-state index in [-0.39, 0.29) is 0 Å². The van der Waals surface area contributed by atoms with E-state index in [1.165, 1.54) is 25.6 Å². The number of rotatable bonds is 3. The highest BCUT2D eigenvalue weighted by Crippen LogP contribution is 2.44. The standard InChI is InChI=1S/C40H23NO2S/c1-2-8-24(9-3-1)41(26-14-16-28-27-10-5-7-13-37(27)44-38(28)23-26)25-15-19-34-32(22-25)40-30-18-20-35-39(29(30)17-21-36(40)43-34)31-11-4-6-12-33(31)42-35/h1-23H. The van der Waals surface area contributed by atoms with Gasteiger partial charge in [-0.25, -0.2) is 0 Å². The minimum absolute atomic E-state index is 0.876. The molecule has 0 aliphatic rings. The van der Waals surface area contributed by atoms with E-state index >= 15 is 0 Å². The van der Waals surface area contributed by atoms with Gasteiger partial charge in [0.15, 0.2) is 0 Å². The van der Waals surface area contributed by atoms with Gasteiger partial charge in [0.25, 0.3) is 0 Å². The molecule has 0 saturated heterocycles. The molecule has 0 aliphatic carbocycles. The van der Waals surface area contributed by atoms with Crippen molar-refractivity contribution in [1.29, 1.82) is 0 Å². The van der Waals surface area contributed by atoms with Crippen LogP contribution in [0.15, 0.2) is 148 Å². The van der Waals surface area contributed by atoms with Crippen molar-refractivity contribution in [2.75, 3.05) is 4.90 Å². The lowest BCUT2D eigenvalue weighted by molar-refractivity contribution is 0.668. The number of nitrogens with zero attached hydrogens (tertiary/aromatic N) is 1. The maximum atomic E-state index is 6.44. The Morgan fingerprint density at radius 2 is 0.932 bits per heavy atom. The van der Waals surface area contributed by atoms with Crippen molar-refractivity contribution in [3.8, 4) is 0 Å². The first kappa shape index (κ1) is 23.9. The fourth-order valence-corrected chi connectivity index (χ4v) is 8.05. The molecule has 0 radical (unpaired) electrons. The molecule has 0 aliphatic heterocycles. The third-order valence-corrected chi connectivity index (χ3v) is 9.98. The largest absolute Gasteiger partial charge is 0.456 e. The average molecular weight is 582 g/mol. The summed E-state index contributed by atoms with van der Waals surface area (Å²) in [5.41, 5.74) is 6.88. The fourth-order valence-electron chi connectivity index (χ4n) is 6.91. The van der Waals surface area contributed by atoms with E-state index in [2.05, 4.69) is 132 Å². The molecule has 3 nitrogen and oxygen atoms in total. The Bertz CT molecular complexity index is 2730. The fraction of sp³-hybridized carbons (Fsp3) is 0. The normalized spacial score (nSPS) is 12.1. The highest BCUT2D eigenvalue weighted by Gasteiger charge is 2.19. The third-order valence-electron chi connectivity index (χ3n) is 8.85. The van der Waals surface area contributed by atoms with Gasteiger partial charge in [0.1, 0.15) is 22.3 Å². The molecular formula is C40H23NO2S. The Hall–Kier alpha value is -5.58. The van der Waals surface area contributed by atoms with Crippen LogP contribution in [0.4, 0.5) is 17.1 Å². The maximum Gasteiger partial charge on any atom is 0.136 e. The molecule has 10 rings (SSSR count). The van der Waals surface area contributed by atoms with Crippen molar-refractivity contribution in [1.82, 2.24) is 0 Å². The SMILES string of the molecule is c1ccc(N(c2ccc3c(c2)sc2ccccc23)c2ccc3oc4ccc5c(ccc6oc7ccccc7c65)c4c3c2)cc1. The number of benzene rings is 7. The summed E-state index contributed by atoms with van der Waals surface area (Å²) in [6.07, 6.45) is 0. The summed E-state index contributed by atoms with van der Waals surface area (Å²) in [7, 11) is 0. The van der Waals surface area contributed by atoms with E-state index in [4.69, 9.17) is 8.83 Å². The van der Waals surface area contributed by atoms with Crippen LogP contribution in [0, 0.1) is 0 Å². The van der Waals surface area contributed by atoms with Crippen LogP contribution >= 0.6 is 11.3 Å². The van der Waals surface area contributed by atoms with Crippen LogP contribution in [-0.2, 0) is 0 Å². The number of anilines is 3.